The Morgan fingerprint density at radius 3 is 2.68 bits per heavy atom. The van der Waals surface area contributed by atoms with Gasteiger partial charge >= 0.3 is 0 Å². The Bertz CT molecular complexity index is 902. The molecule has 28 heavy (non-hydrogen) atoms. The minimum atomic E-state index is -0.0705. The van der Waals surface area contributed by atoms with Gasteiger partial charge in [-0.1, -0.05) is 26.2 Å². The number of H-pyrrole nitrogens is 1. The molecule has 1 aliphatic carbocycles. The molecule has 0 radical (unpaired) electrons. The molecular weight excluding hydrogens is 352 g/mol. The van der Waals surface area contributed by atoms with Crippen molar-refractivity contribution in [2.75, 3.05) is 6.61 Å². The molecular formula is C22H26N4O2. The summed E-state index contributed by atoms with van der Waals surface area (Å²) in [6, 6.07) is 10.3. The first kappa shape index (κ1) is 18.4. The van der Waals surface area contributed by atoms with E-state index in [2.05, 4.69) is 23.2 Å². The van der Waals surface area contributed by atoms with Crippen LogP contribution in [0.15, 0.2) is 35.7 Å². The van der Waals surface area contributed by atoms with Crippen LogP contribution in [0.1, 0.15) is 56.9 Å². The molecule has 2 aliphatic rings. The van der Waals surface area contributed by atoms with Gasteiger partial charge in [-0.05, 0) is 49.4 Å². The minimum Gasteiger partial charge on any atom is -0.494 e. The number of benzene rings is 1. The van der Waals surface area contributed by atoms with Gasteiger partial charge in [0.2, 0.25) is 11.8 Å². The maximum atomic E-state index is 9.79. The topological polar surface area (TPSA) is 97.0 Å². The van der Waals surface area contributed by atoms with Gasteiger partial charge in [-0.3, -0.25) is 5.10 Å². The Kier molecular flexibility index (Phi) is 5.25. The van der Waals surface area contributed by atoms with Crippen LogP contribution in [-0.4, -0.2) is 16.8 Å². The lowest BCUT2D eigenvalue weighted by Gasteiger charge is -2.33. The van der Waals surface area contributed by atoms with E-state index in [-0.39, 0.29) is 11.8 Å². The molecule has 1 aliphatic heterocycles. The zero-order chi connectivity index (χ0) is 19.5. The van der Waals surface area contributed by atoms with E-state index in [0.717, 1.165) is 41.8 Å². The molecule has 1 fully saturated rings. The first-order valence-corrected chi connectivity index (χ1v) is 10.1. The molecule has 4 rings (SSSR count). The standard InChI is InChI=1S/C22H26N4O2/c1-2-12-27-16-10-8-15(9-11-16)20-19-18(14-6-4-3-5-7-14)17(13-23)21(24)28-22(19)26-25-20/h8-11,14,18H,2-7,12,24H2,1H3,(H,25,26)/t18-/m1/s1. The Balaban J connectivity index is 1.73. The third kappa shape index (κ3) is 3.33. The van der Waals surface area contributed by atoms with Gasteiger partial charge in [0, 0.05) is 11.5 Å². The lowest BCUT2D eigenvalue weighted by atomic mass is 9.72. The number of nitriles is 1. The van der Waals surface area contributed by atoms with Crippen molar-refractivity contribution >= 4 is 0 Å². The predicted molar refractivity (Wildman–Crippen MR) is 107 cm³/mol. The normalized spacial score (nSPS) is 19.6. The maximum Gasteiger partial charge on any atom is 0.244 e. The lowest BCUT2D eigenvalue weighted by Crippen LogP contribution is -2.26. The second-order valence-corrected chi connectivity index (χ2v) is 7.56. The fourth-order valence-electron chi connectivity index (χ4n) is 4.38. The summed E-state index contributed by atoms with van der Waals surface area (Å²) in [6.07, 6.45) is 6.79. The first-order chi connectivity index (χ1) is 13.7. The number of fused-ring (bicyclic) bond motifs is 1. The van der Waals surface area contributed by atoms with E-state index in [4.69, 9.17) is 15.2 Å². The van der Waals surface area contributed by atoms with Crippen LogP contribution in [0.25, 0.3) is 11.3 Å². The molecule has 6 nitrogen and oxygen atoms in total. The number of aromatic nitrogens is 2. The number of hydrogen-bond acceptors (Lipinski definition) is 5. The predicted octanol–water partition coefficient (Wildman–Crippen LogP) is 4.62. The highest BCUT2D eigenvalue weighted by Crippen LogP contribution is 2.49. The van der Waals surface area contributed by atoms with Gasteiger partial charge in [0.15, 0.2) is 0 Å². The van der Waals surface area contributed by atoms with Crippen LogP contribution in [0.4, 0.5) is 0 Å². The van der Waals surface area contributed by atoms with Gasteiger partial charge in [-0.15, -0.1) is 5.10 Å². The lowest BCUT2D eigenvalue weighted by molar-refractivity contribution is 0.297. The van der Waals surface area contributed by atoms with Crippen LogP contribution in [0.3, 0.4) is 0 Å². The number of ether oxygens (including phenoxy) is 2. The summed E-state index contributed by atoms with van der Waals surface area (Å²) in [5.41, 5.74) is 9.47. The number of nitrogens with two attached hydrogens (primary N) is 1. The monoisotopic (exact) mass is 378 g/mol. The molecule has 1 atom stereocenters. The quantitative estimate of drug-likeness (QED) is 0.791. The Hall–Kier alpha value is -2.94. The Morgan fingerprint density at radius 1 is 1.25 bits per heavy atom. The van der Waals surface area contributed by atoms with Crippen molar-refractivity contribution in [3.8, 4) is 29.0 Å². The van der Waals surface area contributed by atoms with Crippen molar-refractivity contribution in [3.63, 3.8) is 0 Å². The first-order valence-electron chi connectivity index (χ1n) is 10.1. The molecule has 0 spiro atoms. The molecule has 0 saturated heterocycles. The van der Waals surface area contributed by atoms with Crippen LogP contribution >= 0.6 is 0 Å². The van der Waals surface area contributed by atoms with E-state index in [1.807, 2.05) is 24.3 Å². The number of hydrogen-bond donors (Lipinski definition) is 2. The second kappa shape index (κ2) is 7.97. The van der Waals surface area contributed by atoms with Gasteiger partial charge < -0.3 is 15.2 Å². The highest BCUT2D eigenvalue weighted by atomic mass is 16.5. The van der Waals surface area contributed by atoms with Crippen LogP contribution in [0.2, 0.25) is 0 Å². The van der Waals surface area contributed by atoms with E-state index < -0.39 is 0 Å². The van der Waals surface area contributed by atoms with Gasteiger partial charge in [-0.25, -0.2) is 0 Å². The molecule has 6 heteroatoms. The Labute approximate surface area is 165 Å². The molecule has 3 N–H and O–H groups in total. The molecule has 2 aromatic rings. The molecule has 0 unspecified atom stereocenters. The summed E-state index contributed by atoms with van der Waals surface area (Å²) in [5.74, 6) is 1.84. The third-order valence-corrected chi connectivity index (χ3v) is 5.72. The SMILES string of the molecule is CCCOc1ccc(-c2[nH]nc3c2[C@H](C2CCCCC2)C(C#N)=C(N)O3)cc1. The summed E-state index contributed by atoms with van der Waals surface area (Å²) < 4.78 is 11.4. The van der Waals surface area contributed by atoms with Gasteiger partial charge in [0.1, 0.15) is 11.8 Å². The van der Waals surface area contributed by atoms with Gasteiger partial charge in [0.05, 0.1) is 23.4 Å². The smallest absolute Gasteiger partial charge is 0.244 e. The average molecular weight is 378 g/mol. The minimum absolute atomic E-state index is 0.0705. The summed E-state index contributed by atoms with van der Waals surface area (Å²) in [7, 11) is 0. The van der Waals surface area contributed by atoms with Gasteiger partial charge in [-0.2, -0.15) is 5.26 Å². The largest absolute Gasteiger partial charge is 0.494 e. The fraction of sp³-hybridized carbons (Fsp3) is 0.455. The van der Waals surface area contributed by atoms with Crippen molar-refractivity contribution in [2.24, 2.45) is 11.7 Å². The highest BCUT2D eigenvalue weighted by molar-refractivity contribution is 5.69. The molecule has 1 saturated carbocycles. The molecule has 1 aromatic carbocycles. The average Bonchev–Trinajstić information content (AvgIpc) is 3.15. The van der Waals surface area contributed by atoms with Crippen LogP contribution in [0, 0.1) is 17.2 Å². The van der Waals surface area contributed by atoms with Crippen molar-refractivity contribution in [2.45, 2.75) is 51.4 Å². The van der Waals surface area contributed by atoms with Crippen molar-refractivity contribution in [1.82, 2.24) is 10.2 Å². The van der Waals surface area contributed by atoms with Gasteiger partial charge in [0.25, 0.3) is 0 Å². The molecule has 0 bridgehead atoms. The van der Waals surface area contributed by atoms with Crippen LogP contribution in [-0.2, 0) is 0 Å². The van der Waals surface area contributed by atoms with Crippen LogP contribution in [0.5, 0.6) is 11.6 Å². The summed E-state index contributed by atoms with van der Waals surface area (Å²) in [4.78, 5) is 0. The maximum absolute atomic E-state index is 9.79. The number of allylic oxidation sites excluding steroid dienone is 1. The molecule has 1 aromatic heterocycles. The van der Waals surface area contributed by atoms with Crippen molar-refractivity contribution in [3.05, 3.63) is 41.3 Å². The van der Waals surface area contributed by atoms with Crippen molar-refractivity contribution < 1.29 is 9.47 Å². The number of aromatic amines is 1. The van der Waals surface area contributed by atoms with E-state index >= 15 is 0 Å². The van der Waals surface area contributed by atoms with E-state index in [0.29, 0.717) is 24.0 Å². The molecule has 2 heterocycles. The zero-order valence-corrected chi connectivity index (χ0v) is 16.2. The summed E-state index contributed by atoms with van der Waals surface area (Å²) in [5, 5.41) is 17.3. The highest BCUT2D eigenvalue weighted by Gasteiger charge is 2.39. The summed E-state index contributed by atoms with van der Waals surface area (Å²) >= 11 is 0. The number of rotatable bonds is 5. The zero-order valence-electron chi connectivity index (χ0n) is 16.2. The van der Waals surface area contributed by atoms with Crippen LogP contribution < -0.4 is 15.2 Å². The van der Waals surface area contributed by atoms with E-state index in [1.54, 1.807) is 0 Å². The molecule has 0 amide bonds. The fourth-order valence-corrected chi connectivity index (χ4v) is 4.38. The van der Waals surface area contributed by atoms with Crippen molar-refractivity contribution in [1.29, 1.82) is 5.26 Å². The Morgan fingerprint density at radius 2 is 2.00 bits per heavy atom. The number of nitrogens with zero attached hydrogens (tertiary/aromatic N) is 2. The van der Waals surface area contributed by atoms with E-state index in [1.165, 1.54) is 19.3 Å². The molecule has 146 valence electrons. The second-order valence-electron chi connectivity index (χ2n) is 7.56. The number of nitrogens with one attached hydrogen (secondary N) is 1. The summed E-state index contributed by atoms with van der Waals surface area (Å²) in [6.45, 7) is 2.79. The third-order valence-electron chi connectivity index (χ3n) is 5.72. The van der Waals surface area contributed by atoms with E-state index in [9.17, 15) is 5.26 Å².